The standard InChI is InChI=1S/C46H57N3O10/c1-5-8-10-12-22-56-42(52)27-39(47)34-18-16-31(17-19-34)24-41(51)38-25-33(7-3)35(29-50)26-37(38)36-20-21-40(44(53)48-28-32-14-15-32)49-43(36)45(54)58-30(4)59-46(55)57-23-13-11-9-6-2/h7,16-21,25-26,30,32,47,50H,3,5-6,8-15,22-24,27-29H2,1-2,4H3,(H,48,53). The molecular formula is C46H57N3O10. The van der Waals surface area contributed by atoms with E-state index in [1.165, 1.54) is 25.1 Å². The van der Waals surface area contributed by atoms with Gasteiger partial charge in [-0.2, -0.15) is 0 Å². The van der Waals surface area contributed by atoms with Crippen LogP contribution in [0.25, 0.3) is 17.2 Å². The van der Waals surface area contributed by atoms with Crippen molar-refractivity contribution in [1.29, 1.82) is 5.41 Å². The molecule has 3 aromatic rings. The van der Waals surface area contributed by atoms with Crippen LogP contribution in [0.5, 0.6) is 0 Å². The van der Waals surface area contributed by atoms with E-state index in [0.717, 1.165) is 57.8 Å². The van der Waals surface area contributed by atoms with Crippen molar-refractivity contribution in [3.63, 3.8) is 0 Å². The first-order valence-corrected chi connectivity index (χ1v) is 20.6. The van der Waals surface area contributed by atoms with Crippen molar-refractivity contribution in [1.82, 2.24) is 10.3 Å². The van der Waals surface area contributed by atoms with Gasteiger partial charge in [0, 0.05) is 36.7 Å². The number of ketones is 1. The molecule has 1 aliphatic rings. The van der Waals surface area contributed by atoms with Gasteiger partial charge in [0.05, 0.1) is 26.2 Å². The Morgan fingerprint density at radius 3 is 2.20 bits per heavy atom. The first kappa shape index (κ1) is 46.0. The predicted octanol–water partition coefficient (Wildman–Crippen LogP) is 8.57. The fourth-order valence-electron chi connectivity index (χ4n) is 6.25. The number of aliphatic hydroxyl groups is 1. The normalized spacial score (nSPS) is 12.5. The molecule has 1 saturated carbocycles. The molecule has 1 aliphatic carbocycles. The second kappa shape index (κ2) is 23.6. The molecule has 0 bridgehead atoms. The van der Waals surface area contributed by atoms with E-state index in [9.17, 15) is 29.1 Å². The molecule has 13 heteroatoms. The predicted molar refractivity (Wildman–Crippen MR) is 223 cm³/mol. The summed E-state index contributed by atoms with van der Waals surface area (Å²) in [6.07, 6.45) is 8.35. The maximum Gasteiger partial charge on any atom is 0.511 e. The number of hydrogen-bond donors (Lipinski definition) is 3. The van der Waals surface area contributed by atoms with Crippen LogP contribution in [0.4, 0.5) is 4.79 Å². The van der Waals surface area contributed by atoms with Gasteiger partial charge in [-0.05, 0) is 83.7 Å². The summed E-state index contributed by atoms with van der Waals surface area (Å²) in [5, 5.41) is 21.6. The molecule has 1 unspecified atom stereocenters. The minimum absolute atomic E-state index is 0.0646. The summed E-state index contributed by atoms with van der Waals surface area (Å²) in [4.78, 5) is 70.2. The van der Waals surface area contributed by atoms with Crippen LogP contribution in [0.3, 0.4) is 0 Å². The van der Waals surface area contributed by atoms with Gasteiger partial charge in [-0.1, -0.05) is 89.3 Å². The Labute approximate surface area is 346 Å². The van der Waals surface area contributed by atoms with E-state index in [1.54, 1.807) is 36.4 Å². The highest BCUT2D eigenvalue weighted by atomic mass is 16.8. The van der Waals surface area contributed by atoms with Crippen LogP contribution in [0, 0.1) is 11.3 Å². The third-order valence-corrected chi connectivity index (χ3v) is 9.83. The highest BCUT2D eigenvalue weighted by molar-refractivity contribution is 6.09. The molecule has 1 amide bonds. The number of unbranched alkanes of at least 4 members (excludes halogenated alkanes) is 6. The van der Waals surface area contributed by atoms with Gasteiger partial charge in [0.15, 0.2) is 11.5 Å². The maximum absolute atomic E-state index is 14.2. The van der Waals surface area contributed by atoms with E-state index in [1.807, 2.05) is 0 Å². The van der Waals surface area contributed by atoms with Crippen molar-refractivity contribution in [3.05, 3.63) is 94.3 Å². The van der Waals surface area contributed by atoms with Crippen LogP contribution in [-0.2, 0) is 36.8 Å². The topological polar surface area (TPSA) is 191 Å². The van der Waals surface area contributed by atoms with Gasteiger partial charge in [-0.3, -0.25) is 14.4 Å². The minimum atomic E-state index is -1.39. The molecule has 1 atom stereocenters. The van der Waals surface area contributed by atoms with Gasteiger partial charge in [0.25, 0.3) is 5.91 Å². The number of nitrogens with one attached hydrogen (secondary N) is 2. The van der Waals surface area contributed by atoms with Crippen LogP contribution in [0.15, 0.2) is 55.1 Å². The molecule has 0 radical (unpaired) electrons. The van der Waals surface area contributed by atoms with Gasteiger partial charge in [-0.15, -0.1) is 0 Å². The van der Waals surface area contributed by atoms with E-state index in [-0.39, 0.29) is 59.0 Å². The smallest absolute Gasteiger partial charge is 0.465 e. The Morgan fingerprint density at radius 1 is 0.898 bits per heavy atom. The quantitative estimate of drug-likeness (QED) is 0.0185. The molecule has 0 saturated heterocycles. The zero-order valence-corrected chi connectivity index (χ0v) is 34.4. The SMILES string of the molecule is C=Cc1cc(C(=O)Cc2ccc(C(=N)CC(=O)OCCCCCC)cc2)c(-c2ccc(C(=O)NCC3CC3)nc2C(=O)OC(C)OC(=O)OCCCCCC)cc1CO. The molecule has 13 nitrogen and oxygen atoms in total. The number of ether oxygens (including phenoxy) is 4. The molecule has 0 aliphatic heterocycles. The molecule has 4 rings (SSSR count). The number of hydrogen-bond acceptors (Lipinski definition) is 12. The Bertz CT molecular complexity index is 1950. The van der Waals surface area contributed by atoms with Crippen LogP contribution in [0.2, 0.25) is 0 Å². The zero-order chi connectivity index (χ0) is 42.7. The van der Waals surface area contributed by atoms with Gasteiger partial charge in [-0.25, -0.2) is 14.6 Å². The molecule has 1 aromatic heterocycles. The summed E-state index contributed by atoms with van der Waals surface area (Å²) in [7, 11) is 0. The number of amides is 1. The van der Waals surface area contributed by atoms with E-state index >= 15 is 0 Å². The molecule has 0 spiro atoms. The Hall–Kier alpha value is -5.69. The Morgan fingerprint density at radius 2 is 1.58 bits per heavy atom. The van der Waals surface area contributed by atoms with E-state index in [0.29, 0.717) is 47.7 Å². The number of Topliss-reactive ketones (excluding diaryl/α,β-unsaturated/α-hetero) is 1. The summed E-state index contributed by atoms with van der Waals surface area (Å²) in [5.41, 5.74) is 2.29. The second-order valence-electron chi connectivity index (χ2n) is 14.7. The lowest BCUT2D eigenvalue weighted by Crippen LogP contribution is -2.28. The fraction of sp³-hybridized carbons (Fsp3) is 0.457. The number of pyridine rings is 1. The lowest BCUT2D eigenvalue weighted by molar-refractivity contribution is -0.142. The average molecular weight is 812 g/mol. The van der Waals surface area contributed by atoms with Gasteiger partial charge >= 0.3 is 18.1 Å². The van der Waals surface area contributed by atoms with Gasteiger partial charge in [0.2, 0.25) is 6.29 Å². The number of carbonyl (C=O) groups is 5. The lowest BCUT2D eigenvalue weighted by atomic mass is 9.89. The largest absolute Gasteiger partial charge is 0.511 e. The molecule has 3 N–H and O–H groups in total. The van der Waals surface area contributed by atoms with Crippen molar-refractivity contribution >= 4 is 41.6 Å². The number of carbonyl (C=O) groups excluding carboxylic acids is 5. The first-order chi connectivity index (χ1) is 28.5. The zero-order valence-electron chi connectivity index (χ0n) is 34.4. The van der Waals surface area contributed by atoms with Crippen molar-refractivity contribution in [3.8, 4) is 11.1 Å². The van der Waals surface area contributed by atoms with E-state index in [2.05, 4.69) is 30.7 Å². The fourth-order valence-corrected chi connectivity index (χ4v) is 6.25. The summed E-state index contributed by atoms with van der Waals surface area (Å²) in [6.45, 7) is 9.87. The summed E-state index contributed by atoms with van der Waals surface area (Å²) < 4.78 is 21.1. The van der Waals surface area contributed by atoms with Crippen molar-refractivity contribution in [2.24, 2.45) is 5.92 Å². The van der Waals surface area contributed by atoms with Crippen molar-refractivity contribution in [2.75, 3.05) is 19.8 Å². The molecule has 2 aromatic carbocycles. The Kier molecular flexibility index (Phi) is 18.4. The Balaban J connectivity index is 1.59. The highest BCUT2D eigenvalue weighted by Gasteiger charge is 2.27. The number of nitrogens with zero attached hydrogens (tertiary/aromatic N) is 1. The second-order valence-corrected chi connectivity index (χ2v) is 14.7. The first-order valence-electron chi connectivity index (χ1n) is 20.6. The van der Waals surface area contributed by atoms with Gasteiger partial charge < -0.3 is 34.8 Å². The number of benzene rings is 2. The third-order valence-electron chi connectivity index (χ3n) is 9.83. The van der Waals surface area contributed by atoms with E-state index < -0.39 is 36.9 Å². The molecular weight excluding hydrogens is 755 g/mol. The van der Waals surface area contributed by atoms with Crippen LogP contribution >= 0.6 is 0 Å². The molecule has 59 heavy (non-hydrogen) atoms. The summed E-state index contributed by atoms with van der Waals surface area (Å²) >= 11 is 0. The molecule has 316 valence electrons. The van der Waals surface area contributed by atoms with Crippen LogP contribution < -0.4 is 5.32 Å². The number of aliphatic hydroxyl groups excluding tert-OH is 1. The molecule has 1 heterocycles. The number of aromatic nitrogens is 1. The minimum Gasteiger partial charge on any atom is -0.465 e. The summed E-state index contributed by atoms with van der Waals surface area (Å²) in [5.74, 6) is -1.97. The maximum atomic E-state index is 14.2. The number of rotatable bonds is 25. The van der Waals surface area contributed by atoms with Crippen LogP contribution in [0.1, 0.15) is 145 Å². The highest BCUT2D eigenvalue weighted by Crippen LogP contribution is 2.33. The average Bonchev–Trinajstić information content (AvgIpc) is 4.07. The van der Waals surface area contributed by atoms with E-state index in [4.69, 9.17) is 24.4 Å². The monoisotopic (exact) mass is 811 g/mol. The number of esters is 2. The third kappa shape index (κ3) is 14.6. The molecule has 1 fully saturated rings. The summed E-state index contributed by atoms with van der Waals surface area (Å²) in [6, 6.07) is 12.8. The van der Waals surface area contributed by atoms with Crippen molar-refractivity contribution in [2.45, 2.75) is 111 Å². The lowest BCUT2D eigenvalue weighted by Gasteiger charge is -2.18. The van der Waals surface area contributed by atoms with Crippen molar-refractivity contribution < 1.29 is 48.0 Å². The van der Waals surface area contributed by atoms with Crippen LogP contribution in [-0.4, -0.2) is 71.6 Å². The van der Waals surface area contributed by atoms with Gasteiger partial charge in [0.1, 0.15) is 5.69 Å².